The average molecular weight is 499 g/mol. The minimum atomic E-state index is -0.0451. The molecule has 0 radical (unpaired) electrons. The van der Waals surface area contributed by atoms with Crippen LogP contribution < -0.4 is 5.32 Å². The lowest BCUT2D eigenvalue weighted by Crippen LogP contribution is -2.25. The second-order valence-electron chi connectivity index (χ2n) is 9.29. The number of allylic oxidation sites excluding steroid dienone is 1. The quantitative estimate of drug-likeness (QED) is 0.264. The van der Waals surface area contributed by atoms with Gasteiger partial charge in [-0.25, -0.2) is 0 Å². The Bertz CT molecular complexity index is 1440. The molecule has 1 heterocycles. The van der Waals surface area contributed by atoms with Gasteiger partial charge in [-0.3, -0.25) is 9.59 Å². The van der Waals surface area contributed by atoms with Gasteiger partial charge >= 0.3 is 0 Å². The molecule has 1 N–H and O–H groups in total. The third-order valence-electron chi connectivity index (χ3n) is 6.68. The van der Waals surface area contributed by atoms with Crippen LogP contribution in [0, 0.1) is 0 Å². The maximum atomic E-state index is 14.0. The zero-order valence-corrected chi connectivity index (χ0v) is 21.2. The van der Waals surface area contributed by atoms with Gasteiger partial charge in [0.25, 0.3) is 5.91 Å². The van der Waals surface area contributed by atoms with Crippen molar-refractivity contribution in [2.75, 3.05) is 0 Å². The summed E-state index contributed by atoms with van der Waals surface area (Å²) >= 11 is 0. The Kier molecular flexibility index (Phi) is 7.90. The highest BCUT2D eigenvalue weighted by Gasteiger charge is 2.31. The van der Waals surface area contributed by atoms with Gasteiger partial charge in [-0.05, 0) is 40.3 Å². The van der Waals surface area contributed by atoms with Crippen LogP contribution in [0.3, 0.4) is 0 Å². The van der Waals surface area contributed by atoms with Crippen molar-refractivity contribution < 1.29 is 9.59 Å². The monoisotopic (exact) mass is 498 g/mol. The van der Waals surface area contributed by atoms with Crippen molar-refractivity contribution in [3.8, 4) is 0 Å². The molecule has 1 aliphatic rings. The molecule has 4 aromatic rings. The van der Waals surface area contributed by atoms with Gasteiger partial charge in [0.05, 0.1) is 12.2 Å². The maximum Gasteiger partial charge on any atom is 0.258 e. The summed E-state index contributed by atoms with van der Waals surface area (Å²) in [6.07, 6.45) is 2.75. The summed E-state index contributed by atoms with van der Waals surface area (Å²) in [4.78, 5) is 28.6. The molecule has 188 valence electrons. The lowest BCUT2D eigenvalue weighted by Gasteiger charge is -2.21. The number of hydrogen-bond donors (Lipinski definition) is 1. The van der Waals surface area contributed by atoms with Crippen LogP contribution in [-0.2, 0) is 22.7 Å². The standard InChI is InChI=1S/C34H30N2O2/c37-33(35-24-26-13-5-1-6-14-26)22-21-30(28-17-9-3-10-18-28)31-23-32(29-19-11-4-12-20-29)36(34(31)38)25-27-15-7-2-8-16-27/h1-20,23H,21-22,24-25H2,(H,35,37). The zero-order chi connectivity index (χ0) is 26.2. The normalized spacial score (nSPS) is 14.3. The first-order chi connectivity index (χ1) is 18.7. The van der Waals surface area contributed by atoms with Crippen molar-refractivity contribution >= 4 is 23.1 Å². The van der Waals surface area contributed by atoms with Gasteiger partial charge in [-0.2, -0.15) is 0 Å². The topological polar surface area (TPSA) is 49.4 Å². The number of nitrogens with one attached hydrogen (secondary N) is 1. The Labute approximate surface area is 223 Å². The van der Waals surface area contributed by atoms with E-state index in [2.05, 4.69) is 5.32 Å². The molecule has 0 spiro atoms. The van der Waals surface area contributed by atoms with Crippen LogP contribution in [0.25, 0.3) is 11.3 Å². The van der Waals surface area contributed by atoms with E-state index in [4.69, 9.17) is 0 Å². The Morgan fingerprint density at radius 2 is 1.21 bits per heavy atom. The summed E-state index contributed by atoms with van der Waals surface area (Å²) < 4.78 is 0. The number of benzene rings is 4. The molecular formula is C34H30N2O2. The summed E-state index contributed by atoms with van der Waals surface area (Å²) in [5, 5.41) is 3.01. The molecule has 0 aromatic heterocycles. The molecule has 5 rings (SSSR count). The van der Waals surface area contributed by atoms with Gasteiger partial charge < -0.3 is 10.2 Å². The van der Waals surface area contributed by atoms with E-state index in [0.717, 1.165) is 33.5 Å². The SMILES string of the molecule is O=C(CCC(=C1C=C(c2ccccc2)N(Cc2ccccc2)C1=O)c1ccccc1)NCc1ccccc1. The number of nitrogens with zero attached hydrogens (tertiary/aromatic N) is 1. The smallest absolute Gasteiger partial charge is 0.258 e. The molecule has 1 aliphatic heterocycles. The Balaban J connectivity index is 1.46. The van der Waals surface area contributed by atoms with Crippen molar-refractivity contribution in [2.24, 2.45) is 0 Å². The molecular weight excluding hydrogens is 468 g/mol. The molecule has 0 saturated heterocycles. The van der Waals surface area contributed by atoms with Gasteiger partial charge in [0.1, 0.15) is 0 Å². The van der Waals surface area contributed by atoms with Crippen molar-refractivity contribution in [3.05, 3.63) is 155 Å². The highest BCUT2D eigenvalue weighted by atomic mass is 16.2. The molecule has 0 unspecified atom stereocenters. The van der Waals surface area contributed by atoms with E-state index in [1.54, 1.807) is 0 Å². The average Bonchev–Trinajstić information content (AvgIpc) is 3.29. The number of hydrogen-bond acceptors (Lipinski definition) is 2. The van der Waals surface area contributed by atoms with Crippen LogP contribution in [0.1, 0.15) is 35.1 Å². The van der Waals surface area contributed by atoms with E-state index in [0.29, 0.717) is 31.5 Å². The molecule has 0 bridgehead atoms. The maximum absolute atomic E-state index is 14.0. The Morgan fingerprint density at radius 1 is 0.658 bits per heavy atom. The molecule has 0 atom stereocenters. The predicted octanol–water partition coefficient (Wildman–Crippen LogP) is 6.62. The van der Waals surface area contributed by atoms with Crippen LogP contribution in [0.5, 0.6) is 0 Å². The number of rotatable bonds is 9. The van der Waals surface area contributed by atoms with Crippen LogP contribution >= 0.6 is 0 Å². The summed E-state index contributed by atoms with van der Waals surface area (Å²) in [5.41, 5.74) is 6.45. The summed E-state index contributed by atoms with van der Waals surface area (Å²) in [6.45, 7) is 0.961. The molecule has 0 fully saturated rings. The highest BCUT2D eigenvalue weighted by Crippen LogP contribution is 2.36. The van der Waals surface area contributed by atoms with Crippen LogP contribution in [-0.4, -0.2) is 16.7 Å². The van der Waals surface area contributed by atoms with Gasteiger partial charge in [-0.15, -0.1) is 0 Å². The minimum absolute atomic E-state index is 0.0401. The van der Waals surface area contributed by atoms with Crippen LogP contribution in [0.2, 0.25) is 0 Å². The molecule has 4 aromatic carbocycles. The summed E-state index contributed by atoms with van der Waals surface area (Å²) in [6, 6.07) is 39.8. The second-order valence-corrected chi connectivity index (χ2v) is 9.29. The first-order valence-electron chi connectivity index (χ1n) is 12.9. The fourth-order valence-corrected chi connectivity index (χ4v) is 4.72. The Morgan fingerprint density at radius 3 is 1.84 bits per heavy atom. The van der Waals surface area contributed by atoms with Crippen LogP contribution in [0.15, 0.2) is 133 Å². The number of carbonyl (C=O) groups excluding carboxylic acids is 2. The van der Waals surface area contributed by atoms with E-state index in [-0.39, 0.29) is 11.8 Å². The van der Waals surface area contributed by atoms with Crippen molar-refractivity contribution in [2.45, 2.75) is 25.9 Å². The molecule has 4 heteroatoms. The number of carbonyl (C=O) groups is 2. The molecule has 0 aliphatic carbocycles. The lowest BCUT2D eigenvalue weighted by atomic mass is 9.95. The van der Waals surface area contributed by atoms with Crippen LogP contribution in [0.4, 0.5) is 0 Å². The third kappa shape index (κ3) is 5.98. The van der Waals surface area contributed by atoms with Gasteiger partial charge in [0.2, 0.25) is 5.91 Å². The van der Waals surface area contributed by atoms with Crippen molar-refractivity contribution in [1.82, 2.24) is 10.2 Å². The highest BCUT2D eigenvalue weighted by molar-refractivity contribution is 6.13. The van der Waals surface area contributed by atoms with E-state index in [1.807, 2.05) is 132 Å². The first-order valence-corrected chi connectivity index (χ1v) is 12.9. The number of amides is 2. The largest absolute Gasteiger partial charge is 0.352 e. The fraction of sp³-hybridized carbons (Fsp3) is 0.118. The van der Waals surface area contributed by atoms with E-state index >= 15 is 0 Å². The third-order valence-corrected chi connectivity index (χ3v) is 6.68. The van der Waals surface area contributed by atoms with Gasteiger partial charge in [0, 0.05) is 18.5 Å². The lowest BCUT2D eigenvalue weighted by molar-refractivity contribution is -0.123. The molecule has 38 heavy (non-hydrogen) atoms. The van der Waals surface area contributed by atoms with E-state index < -0.39 is 0 Å². The van der Waals surface area contributed by atoms with Crippen molar-refractivity contribution in [3.63, 3.8) is 0 Å². The second kappa shape index (κ2) is 12.0. The van der Waals surface area contributed by atoms with Crippen molar-refractivity contribution in [1.29, 1.82) is 0 Å². The minimum Gasteiger partial charge on any atom is -0.352 e. The summed E-state index contributed by atoms with van der Waals surface area (Å²) in [5.74, 6) is -0.0852. The first kappa shape index (κ1) is 25.0. The summed E-state index contributed by atoms with van der Waals surface area (Å²) in [7, 11) is 0. The molecule has 4 nitrogen and oxygen atoms in total. The van der Waals surface area contributed by atoms with Gasteiger partial charge in [-0.1, -0.05) is 121 Å². The fourth-order valence-electron chi connectivity index (χ4n) is 4.72. The van der Waals surface area contributed by atoms with E-state index in [9.17, 15) is 9.59 Å². The van der Waals surface area contributed by atoms with Gasteiger partial charge in [0.15, 0.2) is 0 Å². The molecule has 2 amide bonds. The Hall–Kier alpha value is -4.70. The van der Waals surface area contributed by atoms with E-state index in [1.165, 1.54) is 0 Å². The predicted molar refractivity (Wildman–Crippen MR) is 152 cm³/mol. The zero-order valence-electron chi connectivity index (χ0n) is 21.2. The molecule has 0 saturated carbocycles.